The van der Waals surface area contributed by atoms with Crippen LogP contribution in [0.3, 0.4) is 0 Å². The molecule has 6 heteroatoms. The molecule has 3 aliphatic rings. The van der Waals surface area contributed by atoms with Crippen molar-refractivity contribution >= 4 is 17.8 Å². The number of urea groups is 1. The van der Waals surface area contributed by atoms with Crippen molar-refractivity contribution in [3.8, 4) is 0 Å². The summed E-state index contributed by atoms with van der Waals surface area (Å²) in [6, 6.07) is 7.41. The van der Waals surface area contributed by atoms with Crippen LogP contribution in [0.5, 0.6) is 0 Å². The normalized spacial score (nSPS) is 25.9. The molecule has 1 aromatic carbocycles. The van der Waals surface area contributed by atoms with E-state index in [4.69, 9.17) is 0 Å². The molecule has 1 saturated heterocycles. The predicted molar refractivity (Wildman–Crippen MR) is 101 cm³/mol. The van der Waals surface area contributed by atoms with E-state index in [2.05, 4.69) is 10.6 Å². The minimum atomic E-state index is -0.992. The van der Waals surface area contributed by atoms with Gasteiger partial charge in [0.25, 0.3) is 5.91 Å². The molecule has 0 aromatic heterocycles. The third-order valence-electron chi connectivity index (χ3n) is 6.19. The lowest BCUT2D eigenvalue weighted by atomic mass is 9.92. The molecule has 0 radical (unpaired) electrons. The maximum atomic E-state index is 13.1. The quantitative estimate of drug-likeness (QED) is 0.804. The zero-order valence-corrected chi connectivity index (χ0v) is 15.6. The summed E-state index contributed by atoms with van der Waals surface area (Å²) in [5.41, 5.74) is 0.965. The van der Waals surface area contributed by atoms with Gasteiger partial charge < -0.3 is 10.6 Å². The lowest BCUT2D eigenvalue weighted by Crippen LogP contribution is -2.45. The van der Waals surface area contributed by atoms with E-state index in [0.29, 0.717) is 6.42 Å². The van der Waals surface area contributed by atoms with Gasteiger partial charge in [-0.25, -0.2) is 4.79 Å². The number of carbonyl (C=O) groups excluding carboxylic acids is 3. The number of hydrogen-bond donors (Lipinski definition) is 2. The van der Waals surface area contributed by atoms with Crippen LogP contribution in [0.25, 0.3) is 0 Å². The number of hydrogen-bond acceptors (Lipinski definition) is 3. The minimum absolute atomic E-state index is 0.153. The number of carbonyl (C=O) groups is 3. The number of amides is 4. The maximum Gasteiger partial charge on any atom is 0.325 e. The van der Waals surface area contributed by atoms with Crippen LogP contribution in [-0.4, -0.2) is 35.3 Å². The number of benzene rings is 1. The first-order valence-electron chi connectivity index (χ1n) is 10.1. The molecule has 4 rings (SSSR count). The Kier molecular flexibility index (Phi) is 4.89. The molecule has 1 spiro atoms. The summed E-state index contributed by atoms with van der Waals surface area (Å²) in [5.74, 6) is -0.544. The molecule has 4 amide bonds. The van der Waals surface area contributed by atoms with Crippen molar-refractivity contribution in [1.29, 1.82) is 0 Å². The summed E-state index contributed by atoms with van der Waals surface area (Å²) in [6.45, 7) is -0.203. The molecule has 144 valence electrons. The monoisotopic (exact) mass is 369 g/mol. The topological polar surface area (TPSA) is 78.5 Å². The molecule has 2 aliphatic carbocycles. The van der Waals surface area contributed by atoms with E-state index in [-0.39, 0.29) is 24.4 Å². The van der Waals surface area contributed by atoms with Crippen molar-refractivity contribution < 1.29 is 14.4 Å². The lowest BCUT2D eigenvalue weighted by molar-refractivity contribution is -0.135. The summed E-state index contributed by atoms with van der Waals surface area (Å²) in [4.78, 5) is 39.2. The summed E-state index contributed by atoms with van der Waals surface area (Å²) in [5, 5.41) is 5.91. The molecule has 1 saturated carbocycles. The standard InChI is InChI=1S/C21H27N3O3/c25-18(22-16-9-4-2-1-3-5-10-16)14-24-19(26)21(23-20(24)27)13-12-15-8-6-7-11-17(15)21/h6-8,11,16H,1-5,9-10,12-14H2,(H,22,25)(H,23,27)/t21-/m1/s1. The highest BCUT2D eigenvalue weighted by Gasteiger charge is 2.55. The van der Waals surface area contributed by atoms with Crippen LogP contribution in [0.15, 0.2) is 24.3 Å². The fourth-order valence-corrected chi connectivity index (χ4v) is 4.75. The maximum absolute atomic E-state index is 13.1. The molecular weight excluding hydrogens is 342 g/mol. The van der Waals surface area contributed by atoms with Crippen molar-refractivity contribution in [3.05, 3.63) is 35.4 Å². The largest absolute Gasteiger partial charge is 0.352 e. The molecule has 0 unspecified atom stereocenters. The van der Waals surface area contributed by atoms with Crippen LogP contribution in [0.2, 0.25) is 0 Å². The molecule has 2 N–H and O–H groups in total. The highest BCUT2D eigenvalue weighted by Crippen LogP contribution is 2.41. The van der Waals surface area contributed by atoms with Crippen molar-refractivity contribution in [2.24, 2.45) is 0 Å². The Hall–Kier alpha value is -2.37. The zero-order valence-electron chi connectivity index (χ0n) is 15.6. The average Bonchev–Trinajstić information content (AvgIpc) is 3.11. The fourth-order valence-electron chi connectivity index (χ4n) is 4.75. The number of imide groups is 1. The van der Waals surface area contributed by atoms with Crippen LogP contribution < -0.4 is 10.6 Å². The van der Waals surface area contributed by atoms with Crippen LogP contribution in [0, 0.1) is 0 Å². The van der Waals surface area contributed by atoms with Crippen molar-refractivity contribution in [2.75, 3.05) is 6.54 Å². The van der Waals surface area contributed by atoms with E-state index in [0.717, 1.165) is 48.1 Å². The Morgan fingerprint density at radius 3 is 2.59 bits per heavy atom. The number of fused-ring (bicyclic) bond motifs is 2. The highest BCUT2D eigenvalue weighted by molar-refractivity contribution is 6.09. The number of nitrogens with one attached hydrogen (secondary N) is 2. The van der Waals surface area contributed by atoms with Gasteiger partial charge in [-0.05, 0) is 36.8 Å². The third-order valence-corrected chi connectivity index (χ3v) is 6.19. The second kappa shape index (κ2) is 7.33. The van der Waals surface area contributed by atoms with E-state index in [1.807, 2.05) is 24.3 Å². The molecule has 27 heavy (non-hydrogen) atoms. The Bertz CT molecular complexity index is 755. The molecule has 0 bridgehead atoms. The SMILES string of the molecule is O=C(CN1C(=O)N[C@@]2(CCc3ccccc32)C1=O)NC1CCCCCCC1. The summed E-state index contributed by atoms with van der Waals surface area (Å²) < 4.78 is 0. The number of aryl methyl sites for hydroxylation is 1. The zero-order chi connectivity index (χ0) is 18.9. The second-order valence-corrected chi connectivity index (χ2v) is 7.99. The number of nitrogens with zero attached hydrogens (tertiary/aromatic N) is 1. The van der Waals surface area contributed by atoms with Crippen molar-refractivity contribution in [1.82, 2.24) is 15.5 Å². The van der Waals surface area contributed by atoms with E-state index in [1.54, 1.807) is 0 Å². The van der Waals surface area contributed by atoms with E-state index in [1.165, 1.54) is 19.3 Å². The van der Waals surface area contributed by atoms with Crippen LogP contribution in [-0.2, 0) is 21.5 Å². The van der Waals surface area contributed by atoms with Gasteiger partial charge in [-0.3, -0.25) is 14.5 Å². The van der Waals surface area contributed by atoms with Crippen LogP contribution in [0.4, 0.5) is 4.79 Å². The molecule has 1 aliphatic heterocycles. The molecule has 1 aromatic rings. The van der Waals surface area contributed by atoms with Gasteiger partial charge in [-0.15, -0.1) is 0 Å². The average molecular weight is 369 g/mol. The highest BCUT2D eigenvalue weighted by atomic mass is 16.2. The van der Waals surface area contributed by atoms with Gasteiger partial charge in [0, 0.05) is 6.04 Å². The van der Waals surface area contributed by atoms with Gasteiger partial charge in [0.05, 0.1) is 0 Å². The first-order valence-corrected chi connectivity index (χ1v) is 10.1. The van der Waals surface area contributed by atoms with Gasteiger partial charge in [-0.1, -0.05) is 56.4 Å². The predicted octanol–water partition coefficient (Wildman–Crippen LogP) is 2.61. The molecule has 1 heterocycles. The number of rotatable bonds is 3. The third kappa shape index (κ3) is 3.33. The summed E-state index contributed by atoms with van der Waals surface area (Å²) >= 11 is 0. The second-order valence-electron chi connectivity index (χ2n) is 7.99. The summed E-state index contributed by atoms with van der Waals surface area (Å²) in [7, 11) is 0. The Morgan fingerprint density at radius 1 is 1.11 bits per heavy atom. The molecular formula is C21H27N3O3. The summed E-state index contributed by atoms with van der Waals surface area (Å²) in [6.07, 6.45) is 9.19. The van der Waals surface area contributed by atoms with E-state index < -0.39 is 11.6 Å². The first-order chi connectivity index (χ1) is 13.1. The smallest absolute Gasteiger partial charge is 0.325 e. The molecule has 1 atom stereocenters. The Balaban J connectivity index is 1.43. The van der Waals surface area contributed by atoms with Gasteiger partial charge in [0.15, 0.2) is 0 Å². The first kappa shape index (κ1) is 18.0. The van der Waals surface area contributed by atoms with Crippen LogP contribution >= 0.6 is 0 Å². The van der Waals surface area contributed by atoms with Gasteiger partial charge in [-0.2, -0.15) is 0 Å². The Labute approximate surface area is 159 Å². The minimum Gasteiger partial charge on any atom is -0.352 e. The Morgan fingerprint density at radius 2 is 1.81 bits per heavy atom. The molecule has 2 fully saturated rings. The van der Waals surface area contributed by atoms with Crippen molar-refractivity contribution in [3.63, 3.8) is 0 Å². The van der Waals surface area contributed by atoms with Crippen LogP contribution in [0.1, 0.15) is 62.5 Å². The lowest BCUT2D eigenvalue weighted by Gasteiger charge is -2.23. The van der Waals surface area contributed by atoms with Crippen molar-refractivity contribution in [2.45, 2.75) is 69.4 Å². The molecule has 6 nitrogen and oxygen atoms in total. The van der Waals surface area contributed by atoms with E-state index in [9.17, 15) is 14.4 Å². The van der Waals surface area contributed by atoms with E-state index >= 15 is 0 Å². The fraction of sp³-hybridized carbons (Fsp3) is 0.571. The van der Waals surface area contributed by atoms with Gasteiger partial charge >= 0.3 is 6.03 Å². The van der Waals surface area contributed by atoms with Gasteiger partial charge in [0.1, 0.15) is 12.1 Å². The van der Waals surface area contributed by atoms with Gasteiger partial charge in [0.2, 0.25) is 5.91 Å².